The molecule has 1 heterocycles. The van der Waals surface area contributed by atoms with Gasteiger partial charge in [-0.2, -0.15) is 0 Å². The van der Waals surface area contributed by atoms with Crippen LogP contribution in [0, 0.1) is 0 Å². The van der Waals surface area contributed by atoms with Crippen LogP contribution in [0.15, 0.2) is 48.7 Å². The lowest BCUT2D eigenvalue weighted by atomic mass is 10.1. The Bertz CT molecular complexity index is 652. The Morgan fingerprint density at radius 1 is 1.06 bits per heavy atom. The third-order valence-corrected chi connectivity index (χ3v) is 2.76. The minimum atomic E-state index is 0.408. The van der Waals surface area contributed by atoms with Crippen molar-refractivity contribution in [3.63, 3.8) is 0 Å². The van der Waals surface area contributed by atoms with Gasteiger partial charge in [-0.3, -0.25) is 0 Å². The molecule has 0 fully saturated rings. The van der Waals surface area contributed by atoms with Crippen LogP contribution < -0.4 is 5.73 Å². The summed E-state index contributed by atoms with van der Waals surface area (Å²) in [6, 6.07) is 14.3. The van der Waals surface area contributed by atoms with E-state index in [1.807, 2.05) is 30.5 Å². The SMILES string of the molecule is NCc1cn(-c2cccc3ccccc23)nn1. The highest BCUT2D eigenvalue weighted by Gasteiger charge is 2.04. The Morgan fingerprint density at radius 2 is 1.88 bits per heavy atom. The fraction of sp³-hybridized carbons (Fsp3) is 0.0769. The van der Waals surface area contributed by atoms with Gasteiger partial charge in [0.15, 0.2) is 0 Å². The van der Waals surface area contributed by atoms with Gasteiger partial charge in [0.25, 0.3) is 0 Å². The Hall–Kier alpha value is -2.20. The van der Waals surface area contributed by atoms with Crippen molar-refractivity contribution in [2.75, 3.05) is 0 Å². The highest BCUT2D eigenvalue weighted by atomic mass is 15.4. The first-order chi connectivity index (χ1) is 8.38. The molecule has 4 heteroatoms. The highest BCUT2D eigenvalue weighted by Crippen LogP contribution is 2.21. The molecule has 0 aliphatic carbocycles. The van der Waals surface area contributed by atoms with Crippen molar-refractivity contribution in [3.05, 3.63) is 54.4 Å². The predicted molar refractivity (Wildman–Crippen MR) is 66.8 cm³/mol. The minimum absolute atomic E-state index is 0.408. The van der Waals surface area contributed by atoms with Gasteiger partial charge in [0.05, 0.1) is 17.6 Å². The fourth-order valence-electron chi connectivity index (χ4n) is 1.92. The Balaban J connectivity index is 2.23. The van der Waals surface area contributed by atoms with Gasteiger partial charge in [-0.25, -0.2) is 4.68 Å². The predicted octanol–water partition coefficient (Wildman–Crippen LogP) is 1.88. The van der Waals surface area contributed by atoms with Crippen molar-refractivity contribution in [3.8, 4) is 5.69 Å². The van der Waals surface area contributed by atoms with E-state index in [4.69, 9.17) is 5.73 Å². The maximum Gasteiger partial charge on any atom is 0.0967 e. The fourth-order valence-corrected chi connectivity index (χ4v) is 1.92. The summed E-state index contributed by atoms with van der Waals surface area (Å²) < 4.78 is 1.77. The zero-order valence-electron chi connectivity index (χ0n) is 9.24. The van der Waals surface area contributed by atoms with Crippen LogP contribution in [0.2, 0.25) is 0 Å². The zero-order chi connectivity index (χ0) is 11.7. The largest absolute Gasteiger partial charge is 0.325 e. The molecule has 0 aliphatic rings. The number of rotatable bonds is 2. The molecule has 0 radical (unpaired) electrons. The van der Waals surface area contributed by atoms with Crippen molar-refractivity contribution in [1.29, 1.82) is 0 Å². The van der Waals surface area contributed by atoms with Crippen LogP contribution in [-0.2, 0) is 6.54 Å². The lowest BCUT2D eigenvalue weighted by molar-refractivity contribution is 0.801. The molecule has 84 valence electrons. The first-order valence-corrected chi connectivity index (χ1v) is 5.48. The van der Waals surface area contributed by atoms with Crippen LogP contribution in [0.3, 0.4) is 0 Å². The minimum Gasteiger partial charge on any atom is -0.325 e. The van der Waals surface area contributed by atoms with Crippen LogP contribution in [0.5, 0.6) is 0 Å². The second kappa shape index (κ2) is 3.99. The van der Waals surface area contributed by atoms with E-state index in [9.17, 15) is 0 Å². The number of hydrogen-bond acceptors (Lipinski definition) is 3. The number of hydrogen-bond donors (Lipinski definition) is 1. The van der Waals surface area contributed by atoms with Crippen LogP contribution in [0.4, 0.5) is 0 Å². The average Bonchev–Trinajstić information content (AvgIpc) is 2.87. The third kappa shape index (κ3) is 1.68. The van der Waals surface area contributed by atoms with E-state index in [0.29, 0.717) is 6.54 Å². The van der Waals surface area contributed by atoms with E-state index in [-0.39, 0.29) is 0 Å². The normalized spacial score (nSPS) is 10.9. The van der Waals surface area contributed by atoms with Crippen molar-refractivity contribution in [2.24, 2.45) is 5.73 Å². The summed E-state index contributed by atoms with van der Waals surface area (Å²) in [4.78, 5) is 0. The van der Waals surface area contributed by atoms with Gasteiger partial charge in [-0.1, -0.05) is 41.6 Å². The second-order valence-electron chi connectivity index (χ2n) is 3.86. The van der Waals surface area contributed by atoms with Gasteiger partial charge in [0.2, 0.25) is 0 Å². The molecule has 3 rings (SSSR count). The van der Waals surface area contributed by atoms with Crippen LogP contribution in [0.1, 0.15) is 5.69 Å². The van der Waals surface area contributed by atoms with Crippen molar-refractivity contribution >= 4 is 10.8 Å². The summed E-state index contributed by atoms with van der Waals surface area (Å²) in [5.74, 6) is 0. The second-order valence-corrected chi connectivity index (χ2v) is 3.86. The average molecular weight is 224 g/mol. The summed E-state index contributed by atoms with van der Waals surface area (Å²) in [6.07, 6.45) is 1.86. The molecule has 0 atom stereocenters. The Labute approximate surface area is 98.7 Å². The summed E-state index contributed by atoms with van der Waals surface area (Å²) in [7, 11) is 0. The number of nitrogens with two attached hydrogens (primary N) is 1. The molecular weight excluding hydrogens is 212 g/mol. The standard InChI is InChI=1S/C13H12N4/c14-8-11-9-17(16-15-11)13-7-3-5-10-4-1-2-6-12(10)13/h1-7,9H,8,14H2. The molecule has 4 nitrogen and oxygen atoms in total. The molecule has 3 aromatic rings. The first kappa shape index (κ1) is 9.99. The molecule has 0 saturated carbocycles. The van der Waals surface area contributed by atoms with Gasteiger partial charge in [0, 0.05) is 11.9 Å². The van der Waals surface area contributed by atoms with E-state index in [2.05, 4.69) is 28.5 Å². The lowest BCUT2D eigenvalue weighted by Crippen LogP contribution is -1.96. The summed E-state index contributed by atoms with van der Waals surface area (Å²) in [5.41, 5.74) is 7.35. The molecule has 17 heavy (non-hydrogen) atoms. The number of benzene rings is 2. The van der Waals surface area contributed by atoms with Gasteiger partial charge in [-0.05, 0) is 11.5 Å². The summed E-state index contributed by atoms with van der Waals surface area (Å²) in [5, 5.41) is 10.4. The molecule has 0 aliphatic heterocycles. The molecule has 0 spiro atoms. The smallest absolute Gasteiger partial charge is 0.0967 e. The van der Waals surface area contributed by atoms with Crippen LogP contribution >= 0.6 is 0 Å². The lowest BCUT2D eigenvalue weighted by Gasteiger charge is -2.04. The number of aromatic nitrogens is 3. The van der Waals surface area contributed by atoms with Crippen molar-refractivity contribution < 1.29 is 0 Å². The molecule has 1 aromatic heterocycles. The summed E-state index contributed by atoms with van der Waals surface area (Å²) >= 11 is 0. The van der Waals surface area contributed by atoms with E-state index < -0.39 is 0 Å². The van der Waals surface area contributed by atoms with E-state index in [0.717, 1.165) is 16.8 Å². The molecule has 0 amide bonds. The van der Waals surface area contributed by atoms with Crippen LogP contribution in [0.25, 0.3) is 16.5 Å². The molecule has 0 unspecified atom stereocenters. The number of nitrogens with zero attached hydrogens (tertiary/aromatic N) is 3. The highest BCUT2D eigenvalue weighted by molar-refractivity contribution is 5.89. The van der Waals surface area contributed by atoms with Gasteiger partial charge in [0.1, 0.15) is 0 Å². The molecular formula is C13H12N4. The molecule has 0 bridgehead atoms. The quantitative estimate of drug-likeness (QED) is 0.723. The maximum atomic E-state index is 5.54. The van der Waals surface area contributed by atoms with Gasteiger partial charge < -0.3 is 5.73 Å². The Morgan fingerprint density at radius 3 is 2.71 bits per heavy atom. The first-order valence-electron chi connectivity index (χ1n) is 5.48. The molecule has 2 aromatic carbocycles. The van der Waals surface area contributed by atoms with E-state index in [1.165, 1.54) is 5.39 Å². The Kier molecular flexibility index (Phi) is 2.34. The maximum absolute atomic E-state index is 5.54. The third-order valence-electron chi connectivity index (χ3n) is 2.76. The van der Waals surface area contributed by atoms with Gasteiger partial charge in [-0.15, -0.1) is 5.10 Å². The van der Waals surface area contributed by atoms with Gasteiger partial charge >= 0.3 is 0 Å². The zero-order valence-corrected chi connectivity index (χ0v) is 9.24. The van der Waals surface area contributed by atoms with E-state index >= 15 is 0 Å². The monoisotopic (exact) mass is 224 g/mol. The van der Waals surface area contributed by atoms with E-state index in [1.54, 1.807) is 4.68 Å². The van der Waals surface area contributed by atoms with Crippen molar-refractivity contribution in [1.82, 2.24) is 15.0 Å². The summed E-state index contributed by atoms with van der Waals surface area (Å²) in [6.45, 7) is 0.408. The molecule has 2 N–H and O–H groups in total. The number of fused-ring (bicyclic) bond motifs is 1. The van der Waals surface area contributed by atoms with Crippen molar-refractivity contribution in [2.45, 2.75) is 6.54 Å². The molecule has 0 saturated heterocycles. The van der Waals surface area contributed by atoms with Crippen LogP contribution in [-0.4, -0.2) is 15.0 Å². The topological polar surface area (TPSA) is 56.7 Å².